The number of nitrogens with one attached hydrogen (secondary N) is 2. The Morgan fingerprint density at radius 2 is 2.12 bits per heavy atom. The van der Waals surface area contributed by atoms with E-state index in [2.05, 4.69) is 22.1 Å². The van der Waals surface area contributed by atoms with Crippen LogP contribution in [0.5, 0.6) is 0 Å². The van der Waals surface area contributed by atoms with Gasteiger partial charge in [-0.25, -0.2) is 17.8 Å². The quantitative estimate of drug-likeness (QED) is 0.754. The van der Waals surface area contributed by atoms with E-state index in [4.69, 9.17) is 0 Å². The molecular weight excluding hydrogens is 340 g/mol. The van der Waals surface area contributed by atoms with Gasteiger partial charge >= 0.3 is 0 Å². The van der Waals surface area contributed by atoms with E-state index in [0.29, 0.717) is 11.4 Å². The lowest BCUT2D eigenvalue weighted by molar-refractivity contribution is 0.102. The molecule has 1 aliphatic rings. The Labute approximate surface area is 147 Å². The number of aromatic nitrogens is 2. The fourth-order valence-corrected chi connectivity index (χ4v) is 3.76. The van der Waals surface area contributed by atoms with Crippen molar-refractivity contribution in [3.05, 3.63) is 42.1 Å². The SMILES string of the molecule is CCCCn1nccc1NC(=O)c1cccc(S(=O)(=O)NC2CC2)c1. The summed E-state index contributed by atoms with van der Waals surface area (Å²) in [5, 5.41) is 6.99. The standard InChI is InChI=1S/C17H22N4O3S/c1-2-3-11-21-16(9-10-18-21)19-17(22)13-5-4-6-15(12-13)25(23,24)20-14-7-8-14/h4-6,9-10,12,14,20H,2-3,7-8,11H2,1H3,(H,19,22). The molecule has 1 aliphatic carbocycles. The molecule has 0 unspecified atom stereocenters. The van der Waals surface area contributed by atoms with E-state index >= 15 is 0 Å². The highest BCUT2D eigenvalue weighted by molar-refractivity contribution is 7.89. The molecule has 1 saturated carbocycles. The number of unbranched alkanes of at least 4 members (excludes halogenated alkanes) is 1. The minimum Gasteiger partial charge on any atom is -0.307 e. The zero-order valence-corrected chi connectivity index (χ0v) is 14.9. The average molecular weight is 362 g/mol. The number of carbonyl (C=O) groups is 1. The summed E-state index contributed by atoms with van der Waals surface area (Å²) in [4.78, 5) is 12.6. The molecule has 0 spiro atoms. The van der Waals surface area contributed by atoms with E-state index in [1.807, 2.05) is 0 Å². The maximum Gasteiger partial charge on any atom is 0.256 e. The van der Waals surface area contributed by atoms with Crippen molar-refractivity contribution in [2.24, 2.45) is 0 Å². The summed E-state index contributed by atoms with van der Waals surface area (Å²) in [6, 6.07) is 7.81. The molecule has 0 atom stereocenters. The number of nitrogens with zero attached hydrogens (tertiary/aromatic N) is 2. The Bertz CT molecular complexity index is 856. The molecular formula is C17H22N4O3S. The highest BCUT2D eigenvalue weighted by atomic mass is 32.2. The van der Waals surface area contributed by atoms with Gasteiger partial charge in [0.25, 0.3) is 5.91 Å². The van der Waals surface area contributed by atoms with Gasteiger partial charge in [0, 0.05) is 24.2 Å². The number of hydrogen-bond donors (Lipinski definition) is 2. The van der Waals surface area contributed by atoms with Gasteiger partial charge in [0.15, 0.2) is 0 Å². The monoisotopic (exact) mass is 362 g/mol. The number of benzene rings is 1. The minimum atomic E-state index is -3.58. The first-order valence-electron chi connectivity index (χ1n) is 8.45. The Morgan fingerprint density at radius 1 is 1.32 bits per heavy atom. The van der Waals surface area contributed by atoms with Gasteiger partial charge in [-0.05, 0) is 37.5 Å². The molecule has 2 aromatic rings. The maximum absolute atomic E-state index is 12.5. The van der Waals surface area contributed by atoms with Gasteiger partial charge in [0.2, 0.25) is 10.0 Å². The Morgan fingerprint density at radius 3 is 2.84 bits per heavy atom. The van der Waals surface area contributed by atoms with Crippen LogP contribution in [0.15, 0.2) is 41.4 Å². The average Bonchev–Trinajstić information content (AvgIpc) is 3.29. The fourth-order valence-electron chi connectivity index (χ4n) is 2.41. The summed E-state index contributed by atoms with van der Waals surface area (Å²) in [7, 11) is -3.58. The number of aryl methyl sites for hydroxylation is 1. The Kier molecular flexibility index (Phi) is 5.19. The topological polar surface area (TPSA) is 93.1 Å². The van der Waals surface area contributed by atoms with Crippen molar-refractivity contribution >= 4 is 21.7 Å². The number of rotatable bonds is 8. The summed E-state index contributed by atoms with van der Waals surface area (Å²) in [5.41, 5.74) is 0.293. The highest BCUT2D eigenvalue weighted by Gasteiger charge is 2.28. The fraction of sp³-hybridized carbons (Fsp3) is 0.412. The van der Waals surface area contributed by atoms with E-state index in [1.54, 1.807) is 29.1 Å². The molecule has 0 saturated heterocycles. The molecule has 8 heteroatoms. The Balaban J connectivity index is 1.74. The molecule has 7 nitrogen and oxygen atoms in total. The number of carbonyl (C=O) groups excluding carboxylic acids is 1. The summed E-state index contributed by atoms with van der Waals surface area (Å²) in [6.07, 6.45) is 5.35. The first kappa shape index (κ1) is 17.6. The van der Waals surface area contributed by atoms with Crippen LogP contribution in [-0.4, -0.2) is 30.1 Å². The van der Waals surface area contributed by atoms with Gasteiger partial charge in [-0.2, -0.15) is 5.10 Å². The molecule has 134 valence electrons. The molecule has 2 N–H and O–H groups in total. The molecule has 1 aromatic carbocycles. The third kappa shape index (κ3) is 4.46. The van der Waals surface area contributed by atoms with E-state index < -0.39 is 10.0 Å². The summed E-state index contributed by atoms with van der Waals surface area (Å²) in [6.45, 7) is 2.81. The van der Waals surface area contributed by atoms with E-state index in [1.165, 1.54) is 12.1 Å². The van der Waals surface area contributed by atoms with Crippen LogP contribution in [0, 0.1) is 0 Å². The number of hydrogen-bond acceptors (Lipinski definition) is 4. The molecule has 0 aliphatic heterocycles. The molecule has 1 fully saturated rings. The zero-order chi connectivity index (χ0) is 17.9. The van der Waals surface area contributed by atoms with Crippen LogP contribution < -0.4 is 10.0 Å². The number of anilines is 1. The van der Waals surface area contributed by atoms with Crippen molar-refractivity contribution in [1.29, 1.82) is 0 Å². The normalized spacial score (nSPS) is 14.4. The second-order valence-electron chi connectivity index (χ2n) is 6.17. The molecule has 25 heavy (non-hydrogen) atoms. The third-order valence-corrected chi connectivity index (χ3v) is 5.51. The van der Waals surface area contributed by atoms with Crippen LogP contribution >= 0.6 is 0 Å². The molecule has 1 heterocycles. The molecule has 1 amide bonds. The van der Waals surface area contributed by atoms with E-state index in [0.717, 1.165) is 32.2 Å². The summed E-state index contributed by atoms with van der Waals surface area (Å²) < 4.78 is 28.9. The third-order valence-electron chi connectivity index (χ3n) is 3.99. The van der Waals surface area contributed by atoms with Gasteiger partial charge in [-0.15, -0.1) is 0 Å². The number of sulfonamides is 1. The van der Waals surface area contributed by atoms with Gasteiger partial charge in [-0.1, -0.05) is 19.4 Å². The van der Waals surface area contributed by atoms with Crippen molar-refractivity contribution in [1.82, 2.24) is 14.5 Å². The van der Waals surface area contributed by atoms with Crippen molar-refractivity contribution in [3.63, 3.8) is 0 Å². The largest absolute Gasteiger partial charge is 0.307 e. The van der Waals surface area contributed by atoms with Crippen LogP contribution in [0.3, 0.4) is 0 Å². The summed E-state index contributed by atoms with van der Waals surface area (Å²) >= 11 is 0. The van der Waals surface area contributed by atoms with Crippen molar-refractivity contribution in [2.75, 3.05) is 5.32 Å². The van der Waals surface area contributed by atoms with Crippen LogP contribution in [0.4, 0.5) is 5.82 Å². The van der Waals surface area contributed by atoms with Crippen molar-refractivity contribution in [3.8, 4) is 0 Å². The predicted molar refractivity (Wildman–Crippen MR) is 94.9 cm³/mol. The highest BCUT2D eigenvalue weighted by Crippen LogP contribution is 2.22. The lowest BCUT2D eigenvalue weighted by Crippen LogP contribution is -2.26. The minimum absolute atomic E-state index is 0.0235. The van der Waals surface area contributed by atoms with Gasteiger partial charge in [-0.3, -0.25) is 4.79 Å². The first-order valence-corrected chi connectivity index (χ1v) is 9.93. The predicted octanol–water partition coefficient (Wildman–Crippen LogP) is 2.38. The molecule has 0 bridgehead atoms. The smallest absolute Gasteiger partial charge is 0.256 e. The lowest BCUT2D eigenvalue weighted by atomic mass is 10.2. The second kappa shape index (κ2) is 7.37. The first-order chi connectivity index (χ1) is 12.0. The zero-order valence-electron chi connectivity index (χ0n) is 14.1. The maximum atomic E-state index is 12.5. The van der Waals surface area contributed by atoms with Gasteiger partial charge in [0.1, 0.15) is 5.82 Å². The summed E-state index contributed by atoms with van der Waals surface area (Å²) in [5.74, 6) is 0.240. The second-order valence-corrected chi connectivity index (χ2v) is 7.88. The van der Waals surface area contributed by atoms with Crippen LogP contribution in [0.1, 0.15) is 43.0 Å². The number of amides is 1. The van der Waals surface area contributed by atoms with Crippen LogP contribution in [-0.2, 0) is 16.6 Å². The van der Waals surface area contributed by atoms with Crippen LogP contribution in [0.2, 0.25) is 0 Å². The van der Waals surface area contributed by atoms with Gasteiger partial charge < -0.3 is 5.32 Å². The molecule has 3 rings (SSSR count). The van der Waals surface area contributed by atoms with Crippen LogP contribution in [0.25, 0.3) is 0 Å². The van der Waals surface area contributed by atoms with Gasteiger partial charge in [0.05, 0.1) is 11.1 Å². The Hall–Kier alpha value is -2.19. The van der Waals surface area contributed by atoms with Crippen molar-refractivity contribution in [2.45, 2.75) is 50.1 Å². The van der Waals surface area contributed by atoms with E-state index in [9.17, 15) is 13.2 Å². The molecule has 1 aromatic heterocycles. The van der Waals surface area contributed by atoms with Crippen molar-refractivity contribution < 1.29 is 13.2 Å². The van der Waals surface area contributed by atoms with E-state index in [-0.39, 0.29) is 16.8 Å². The molecule has 0 radical (unpaired) electrons. The lowest BCUT2D eigenvalue weighted by Gasteiger charge is -2.10.